The van der Waals surface area contributed by atoms with E-state index in [9.17, 15) is 4.79 Å². The summed E-state index contributed by atoms with van der Waals surface area (Å²) < 4.78 is 6.25. The molecule has 4 heteroatoms. The van der Waals surface area contributed by atoms with Gasteiger partial charge in [-0.3, -0.25) is 4.79 Å². The average Bonchev–Trinajstić information content (AvgIpc) is 3.00. The number of rotatable bonds is 5. The van der Waals surface area contributed by atoms with Crippen LogP contribution in [-0.2, 0) is 6.42 Å². The van der Waals surface area contributed by atoms with E-state index < -0.39 is 0 Å². The Morgan fingerprint density at radius 3 is 2.39 bits per heavy atom. The van der Waals surface area contributed by atoms with Crippen molar-refractivity contribution in [3.63, 3.8) is 0 Å². The minimum absolute atomic E-state index is 0.586. The van der Waals surface area contributed by atoms with Crippen molar-refractivity contribution < 1.29 is 9.53 Å². The fraction of sp³-hybridized carbons (Fsp3) is 0.105. The second kappa shape index (κ2) is 6.84. The van der Waals surface area contributed by atoms with Crippen molar-refractivity contribution in [2.75, 3.05) is 7.11 Å². The lowest BCUT2D eigenvalue weighted by molar-refractivity contribution is 0.111. The van der Waals surface area contributed by atoms with Gasteiger partial charge in [-0.05, 0) is 65.6 Å². The molecule has 0 aliphatic heterocycles. The van der Waals surface area contributed by atoms with E-state index in [0.29, 0.717) is 5.69 Å². The minimum atomic E-state index is 0.586. The van der Waals surface area contributed by atoms with E-state index in [0.717, 1.165) is 39.8 Å². The van der Waals surface area contributed by atoms with Gasteiger partial charge in [0.05, 0.1) is 12.8 Å². The topological polar surface area (TPSA) is 42.1 Å². The van der Waals surface area contributed by atoms with E-state index in [2.05, 4.69) is 33.0 Å². The Bertz CT molecular complexity index is 804. The predicted molar refractivity (Wildman–Crippen MR) is 95.1 cm³/mol. The Labute approximate surface area is 143 Å². The number of nitrogens with one attached hydrogen (secondary N) is 1. The normalized spacial score (nSPS) is 10.5. The molecule has 0 saturated heterocycles. The number of ether oxygens (including phenoxy) is 1. The SMILES string of the molecule is COc1ccc(-c2[nH]c(C=O)cc2Cc2ccc(Br)cc2)cc1. The molecule has 3 aromatic rings. The number of aldehydes is 1. The van der Waals surface area contributed by atoms with Crippen LogP contribution in [0, 0.1) is 0 Å². The van der Waals surface area contributed by atoms with Crippen molar-refractivity contribution in [1.29, 1.82) is 0 Å². The lowest BCUT2D eigenvalue weighted by Crippen LogP contribution is -1.90. The van der Waals surface area contributed by atoms with Crippen LogP contribution >= 0.6 is 15.9 Å². The Hall–Kier alpha value is -2.33. The van der Waals surface area contributed by atoms with Crippen molar-refractivity contribution in [3.8, 4) is 17.0 Å². The van der Waals surface area contributed by atoms with Crippen LogP contribution in [0.25, 0.3) is 11.3 Å². The molecule has 0 fully saturated rings. The number of hydrogen-bond acceptors (Lipinski definition) is 2. The highest BCUT2D eigenvalue weighted by Gasteiger charge is 2.11. The van der Waals surface area contributed by atoms with Gasteiger partial charge in [-0.25, -0.2) is 0 Å². The zero-order valence-corrected chi connectivity index (χ0v) is 14.3. The van der Waals surface area contributed by atoms with E-state index in [-0.39, 0.29) is 0 Å². The lowest BCUT2D eigenvalue weighted by Gasteiger charge is -2.06. The van der Waals surface area contributed by atoms with Crippen LogP contribution in [-0.4, -0.2) is 18.4 Å². The zero-order chi connectivity index (χ0) is 16.2. The maximum Gasteiger partial charge on any atom is 0.166 e. The Morgan fingerprint density at radius 2 is 1.78 bits per heavy atom. The summed E-state index contributed by atoms with van der Waals surface area (Å²) in [5.41, 5.74) is 4.88. The molecule has 116 valence electrons. The Kier molecular flexibility index (Phi) is 4.63. The first kappa shape index (κ1) is 15.6. The van der Waals surface area contributed by atoms with Crippen LogP contribution in [0.1, 0.15) is 21.6 Å². The molecule has 0 bridgehead atoms. The quantitative estimate of drug-likeness (QED) is 0.652. The summed E-state index contributed by atoms with van der Waals surface area (Å²) in [6.07, 6.45) is 1.61. The molecule has 0 saturated carbocycles. The van der Waals surface area contributed by atoms with Gasteiger partial charge in [-0.2, -0.15) is 0 Å². The molecule has 0 aliphatic carbocycles. The fourth-order valence-electron chi connectivity index (χ4n) is 2.56. The molecule has 2 aromatic carbocycles. The van der Waals surface area contributed by atoms with Gasteiger partial charge in [-0.15, -0.1) is 0 Å². The van der Waals surface area contributed by atoms with E-state index >= 15 is 0 Å². The number of carbonyl (C=O) groups is 1. The summed E-state index contributed by atoms with van der Waals surface area (Å²) >= 11 is 3.45. The summed E-state index contributed by atoms with van der Waals surface area (Å²) in [6, 6.07) is 17.9. The standard InChI is InChI=1S/C19H16BrNO2/c1-23-18-8-4-14(5-9-18)19-15(11-17(12-22)21-19)10-13-2-6-16(20)7-3-13/h2-9,11-12,21H,10H2,1H3. The summed E-state index contributed by atoms with van der Waals surface area (Å²) in [5, 5.41) is 0. The molecule has 1 heterocycles. The van der Waals surface area contributed by atoms with Crippen molar-refractivity contribution in [1.82, 2.24) is 4.98 Å². The average molecular weight is 370 g/mol. The minimum Gasteiger partial charge on any atom is -0.497 e. The Balaban J connectivity index is 1.97. The monoisotopic (exact) mass is 369 g/mol. The molecule has 23 heavy (non-hydrogen) atoms. The number of hydrogen-bond donors (Lipinski definition) is 1. The van der Waals surface area contributed by atoms with Gasteiger partial charge in [-0.1, -0.05) is 28.1 Å². The van der Waals surface area contributed by atoms with Crippen molar-refractivity contribution in [2.45, 2.75) is 6.42 Å². The molecular formula is C19H16BrNO2. The van der Waals surface area contributed by atoms with E-state index in [1.165, 1.54) is 5.56 Å². The maximum absolute atomic E-state index is 11.1. The smallest absolute Gasteiger partial charge is 0.166 e. The molecule has 0 amide bonds. The zero-order valence-electron chi connectivity index (χ0n) is 12.7. The number of carbonyl (C=O) groups excluding carboxylic acids is 1. The Morgan fingerprint density at radius 1 is 1.09 bits per heavy atom. The van der Waals surface area contributed by atoms with Crippen LogP contribution in [0.2, 0.25) is 0 Å². The second-order valence-corrected chi connectivity index (χ2v) is 6.19. The van der Waals surface area contributed by atoms with Crippen LogP contribution in [0.4, 0.5) is 0 Å². The van der Waals surface area contributed by atoms with Crippen molar-refractivity contribution >= 4 is 22.2 Å². The molecule has 0 unspecified atom stereocenters. The van der Waals surface area contributed by atoms with Gasteiger partial charge in [0.2, 0.25) is 0 Å². The molecule has 0 spiro atoms. The van der Waals surface area contributed by atoms with Gasteiger partial charge < -0.3 is 9.72 Å². The number of halogens is 1. The first-order valence-corrected chi connectivity index (χ1v) is 8.05. The van der Waals surface area contributed by atoms with Crippen LogP contribution in [0.15, 0.2) is 59.1 Å². The van der Waals surface area contributed by atoms with Gasteiger partial charge in [0, 0.05) is 10.2 Å². The highest BCUT2D eigenvalue weighted by molar-refractivity contribution is 9.10. The van der Waals surface area contributed by atoms with Crippen LogP contribution < -0.4 is 4.74 Å². The molecule has 0 atom stereocenters. The van der Waals surface area contributed by atoms with E-state index in [1.54, 1.807) is 7.11 Å². The molecule has 0 aliphatic rings. The number of benzene rings is 2. The fourth-order valence-corrected chi connectivity index (χ4v) is 2.83. The maximum atomic E-state index is 11.1. The predicted octanol–water partition coefficient (Wildman–Crippen LogP) is 4.86. The third-order valence-corrected chi connectivity index (χ3v) is 4.26. The lowest BCUT2D eigenvalue weighted by atomic mass is 10.0. The molecule has 1 N–H and O–H groups in total. The third-order valence-electron chi connectivity index (χ3n) is 3.73. The number of methoxy groups -OCH3 is 1. The molecule has 3 nitrogen and oxygen atoms in total. The number of H-pyrrole nitrogens is 1. The summed E-state index contributed by atoms with van der Waals surface area (Å²) in [5.74, 6) is 0.811. The van der Waals surface area contributed by atoms with Gasteiger partial charge in [0.25, 0.3) is 0 Å². The van der Waals surface area contributed by atoms with Crippen molar-refractivity contribution in [3.05, 3.63) is 75.9 Å². The first-order chi connectivity index (χ1) is 11.2. The largest absolute Gasteiger partial charge is 0.497 e. The molecule has 3 rings (SSSR count). The number of aromatic nitrogens is 1. The van der Waals surface area contributed by atoms with Gasteiger partial charge in [0.15, 0.2) is 6.29 Å². The van der Waals surface area contributed by atoms with Crippen LogP contribution in [0.3, 0.4) is 0 Å². The summed E-state index contributed by atoms with van der Waals surface area (Å²) in [7, 11) is 1.65. The van der Waals surface area contributed by atoms with Crippen molar-refractivity contribution in [2.24, 2.45) is 0 Å². The molecule has 0 radical (unpaired) electrons. The second-order valence-electron chi connectivity index (χ2n) is 5.27. The first-order valence-electron chi connectivity index (χ1n) is 7.25. The third kappa shape index (κ3) is 3.54. The highest BCUT2D eigenvalue weighted by atomic mass is 79.9. The summed E-state index contributed by atoms with van der Waals surface area (Å²) in [4.78, 5) is 14.3. The number of aromatic amines is 1. The summed E-state index contributed by atoms with van der Waals surface area (Å²) in [6.45, 7) is 0. The van der Waals surface area contributed by atoms with Gasteiger partial charge >= 0.3 is 0 Å². The molecule has 1 aromatic heterocycles. The van der Waals surface area contributed by atoms with E-state index in [4.69, 9.17) is 4.74 Å². The highest BCUT2D eigenvalue weighted by Crippen LogP contribution is 2.27. The van der Waals surface area contributed by atoms with Crippen LogP contribution in [0.5, 0.6) is 5.75 Å². The molecular weight excluding hydrogens is 354 g/mol. The van der Waals surface area contributed by atoms with E-state index in [1.807, 2.05) is 42.5 Å². The van der Waals surface area contributed by atoms with Gasteiger partial charge in [0.1, 0.15) is 5.75 Å².